The molecule has 9 heteroatoms. The Kier molecular flexibility index (Phi) is 6.58. The van der Waals surface area contributed by atoms with E-state index in [1.807, 2.05) is 13.0 Å². The van der Waals surface area contributed by atoms with Gasteiger partial charge < -0.3 is 20.0 Å². The van der Waals surface area contributed by atoms with Gasteiger partial charge in [0.05, 0.1) is 11.3 Å². The van der Waals surface area contributed by atoms with Crippen LogP contribution in [0.1, 0.15) is 28.8 Å². The topological polar surface area (TPSA) is 73.0 Å². The second-order valence-electron chi connectivity index (χ2n) is 7.98. The van der Waals surface area contributed by atoms with E-state index in [1.165, 1.54) is 0 Å². The molecule has 2 aliphatic heterocycles. The van der Waals surface area contributed by atoms with Crippen molar-refractivity contribution in [1.29, 1.82) is 0 Å². The second-order valence-corrected chi connectivity index (χ2v) is 8.83. The zero-order chi connectivity index (χ0) is 22.8. The van der Waals surface area contributed by atoms with Crippen LogP contribution in [0.25, 0.3) is 0 Å². The van der Waals surface area contributed by atoms with E-state index in [-0.39, 0.29) is 17.8 Å². The molecule has 32 heavy (non-hydrogen) atoms. The molecule has 2 aliphatic rings. The zero-order valence-electron chi connectivity index (χ0n) is 17.7. The van der Waals surface area contributed by atoms with E-state index < -0.39 is 0 Å². The van der Waals surface area contributed by atoms with E-state index in [2.05, 4.69) is 5.32 Å². The minimum absolute atomic E-state index is 0.000911. The molecule has 0 bridgehead atoms. The maximum atomic E-state index is 13.2. The SMILES string of the molecule is Cc1ccc(NC(=O)N2CCN(C(=O)c3ccc(Cl)cc3N3CCCC3=O)CC2)cc1Cl. The fourth-order valence-corrected chi connectivity index (χ4v) is 4.31. The molecule has 2 fully saturated rings. The Morgan fingerprint density at radius 2 is 1.66 bits per heavy atom. The number of piperazine rings is 1. The summed E-state index contributed by atoms with van der Waals surface area (Å²) in [5, 5.41) is 3.92. The molecule has 0 spiro atoms. The van der Waals surface area contributed by atoms with E-state index in [0.29, 0.717) is 66.1 Å². The summed E-state index contributed by atoms with van der Waals surface area (Å²) in [6, 6.07) is 10.2. The monoisotopic (exact) mass is 474 g/mol. The van der Waals surface area contributed by atoms with E-state index in [4.69, 9.17) is 23.2 Å². The molecule has 0 atom stereocenters. The molecule has 2 heterocycles. The quantitative estimate of drug-likeness (QED) is 0.715. The Hall–Kier alpha value is -2.77. The van der Waals surface area contributed by atoms with Crippen molar-refractivity contribution in [1.82, 2.24) is 9.80 Å². The number of urea groups is 1. The third-order valence-electron chi connectivity index (χ3n) is 5.83. The van der Waals surface area contributed by atoms with Crippen molar-refractivity contribution >= 4 is 52.4 Å². The summed E-state index contributed by atoms with van der Waals surface area (Å²) in [4.78, 5) is 43.1. The highest BCUT2D eigenvalue weighted by atomic mass is 35.5. The lowest BCUT2D eigenvalue weighted by Gasteiger charge is -2.35. The fourth-order valence-electron chi connectivity index (χ4n) is 3.97. The Labute approximate surface area is 196 Å². The molecule has 1 N–H and O–H groups in total. The summed E-state index contributed by atoms with van der Waals surface area (Å²) in [7, 11) is 0. The van der Waals surface area contributed by atoms with Gasteiger partial charge in [0.15, 0.2) is 0 Å². The maximum absolute atomic E-state index is 13.2. The predicted molar refractivity (Wildman–Crippen MR) is 126 cm³/mol. The number of anilines is 2. The normalized spacial score (nSPS) is 16.5. The Bertz CT molecular complexity index is 1070. The third kappa shape index (κ3) is 4.69. The van der Waals surface area contributed by atoms with E-state index in [0.717, 1.165) is 12.0 Å². The predicted octanol–water partition coefficient (Wildman–Crippen LogP) is 4.42. The van der Waals surface area contributed by atoms with Crippen LogP contribution in [0.3, 0.4) is 0 Å². The van der Waals surface area contributed by atoms with Gasteiger partial charge in [-0.2, -0.15) is 0 Å². The first-order chi connectivity index (χ1) is 15.3. The van der Waals surface area contributed by atoms with Crippen LogP contribution in [-0.4, -0.2) is 60.4 Å². The molecule has 168 valence electrons. The lowest BCUT2D eigenvalue weighted by Crippen LogP contribution is -2.51. The molecular weight excluding hydrogens is 451 g/mol. The van der Waals surface area contributed by atoms with Crippen LogP contribution in [0.5, 0.6) is 0 Å². The highest BCUT2D eigenvalue weighted by molar-refractivity contribution is 6.31. The molecule has 0 saturated carbocycles. The lowest BCUT2D eigenvalue weighted by atomic mass is 10.1. The first-order valence-corrected chi connectivity index (χ1v) is 11.3. The molecule has 0 aliphatic carbocycles. The summed E-state index contributed by atoms with van der Waals surface area (Å²) in [6.07, 6.45) is 1.24. The number of aryl methyl sites for hydroxylation is 1. The smallest absolute Gasteiger partial charge is 0.321 e. The number of halogens is 2. The van der Waals surface area contributed by atoms with E-state index >= 15 is 0 Å². The summed E-state index contributed by atoms with van der Waals surface area (Å²) in [6.45, 7) is 4.09. The number of hydrogen-bond acceptors (Lipinski definition) is 3. The van der Waals surface area contributed by atoms with Crippen molar-refractivity contribution in [3.8, 4) is 0 Å². The van der Waals surface area contributed by atoms with Crippen molar-refractivity contribution in [2.24, 2.45) is 0 Å². The Morgan fingerprint density at radius 3 is 2.31 bits per heavy atom. The third-order valence-corrected chi connectivity index (χ3v) is 6.47. The van der Waals surface area contributed by atoms with Gasteiger partial charge in [0.1, 0.15) is 0 Å². The van der Waals surface area contributed by atoms with Gasteiger partial charge in [0.2, 0.25) is 5.91 Å². The lowest BCUT2D eigenvalue weighted by molar-refractivity contribution is -0.117. The summed E-state index contributed by atoms with van der Waals surface area (Å²) >= 11 is 12.3. The van der Waals surface area contributed by atoms with Gasteiger partial charge in [0, 0.05) is 54.9 Å². The van der Waals surface area contributed by atoms with Crippen molar-refractivity contribution in [3.05, 3.63) is 57.6 Å². The molecule has 2 saturated heterocycles. The van der Waals surface area contributed by atoms with Crippen LogP contribution < -0.4 is 10.2 Å². The average molecular weight is 475 g/mol. The first-order valence-electron chi connectivity index (χ1n) is 10.5. The number of hydrogen-bond donors (Lipinski definition) is 1. The molecule has 2 aromatic rings. The number of nitrogens with zero attached hydrogens (tertiary/aromatic N) is 3. The van der Waals surface area contributed by atoms with Crippen LogP contribution in [0, 0.1) is 6.92 Å². The highest BCUT2D eigenvalue weighted by Crippen LogP contribution is 2.30. The summed E-state index contributed by atoms with van der Waals surface area (Å²) in [5.41, 5.74) is 2.58. The second kappa shape index (κ2) is 9.38. The molecule has 4 rings (SSSR count). The standard InChI is InChI=1S/C23H24Cl2N4O3/c1-15-4-6-17(14-19(15)25)26-23(32)28-11-9-27(10-12-28)22(31)18-7-5-16(24)13-20(18)29-8-2-3-21(29)30/h4-7,13-14H,2-3,8-12H2,1H3,(H,26,32). The van der Waals surface area contributed by atoms with Gasteiger partial charge in [-0.15, -0.1) is 0 Å². The highest BCUT2D eigenvalue weighted by Gasteiger charge is 2.30. The van der Waals surface area contributed by atoms with E-state index in [9.17, 15) is 14.4 Å². The van der Waals surface area contributed by atoms with Crippen molar-refractivity contribution in [2.75, 3.05) is 42.9 Å². The Balaban J connectivity index is 1.41. The van der Waals surface area contributed by atoms with Gasteiger partial charge >= 0.3 is 6.03 Å². The number of benzene rings is 2. The molecule has 0 aromatic heterocycles. The first kappa shape index (κ1) is 22.4. The number of carbonyl (C=O) groups excluding carboxylic acids is 3. The van der Waals surface area contributed by atoms with Crippen LogP contribution in [-0.2, 0) is 4.79 Å². The zero-order valence-corrected chi connectivity index (χ0v) is 19.2. The van der Waals surface area contributed by atoms with Crippen LogP contribution in [0.4, 0.5) is 16.2 Å². The minimum Gasteiger partial charge on any atom is -0.335 e. The number of rotatable bonds is 3. The maximum Gasteiger partial charge on any atom is 0.321 e. The average Bonchev–Trinajstić information content (AvgIpc) is 3.21. The fraction of sp³-hybridized carbons (Fsp3) is 0.348. The molecule has 2 aromatic carbocycles. The Morgan fingerprint density at radius 1 is 0.938 bits per heavy atom. The van der Waals surface area contributed by atoms with Crippen molar-refractivity contribution in [2.45, 2.75) is 19.8 Å². The van der Waals surface area contributed by atoms with E-state index in [1.54, 1.807) is 45.0 Å². The number of amides is 4. The van der Waals surface area contributed by atoms with Crippen molar-refractivity contribution < 1.29 is 14.4 Å². The molecule has 4 amide bonds. The largest absolute Gasteiger partial charge is 0.335 e. The van der Waals surface area contributed by atoms with Gasteiger partial charge in [0.25, 0.3) is 5.91 Å². The van der Waals surface area contributed by atoms with Crippen LogP contribution in [0.2, 0.25) is 10.0 Å². The molecule has 7 nitrogen and oxygen atoms in total. The summed E-state index contributed by atoms with van der Waals surface area (Å²) < 4.78 is 0. The molecule has 0 radical (unpaired) electrons. The van der Waals surface area contributed by atoms with Gasteiger partial charge in [-0.3, -0.25) is 9.59 Å². The van der Waals surface area contributed by atoms with Gasteiger partial charge in [-0.1, -0.05) is 29.3 Å². The summed E-state index contributed by atoms with van der Waals surface area (Å²) in [5.74, 6) is -0.166. The molecule has 0 unspecified atom stereocenters. The van der Waals surface area contributed by atoms with Crippen LogP contribution >= 0.6 is 23.2 Å². The number of carbonyl (C=O) groups is 3. The molecular formula is C23H24Cl2N4O3. The van der Waals surface area contributed by atoms with Crippen molar-refractivity contribution in [3.63, 3.8) is 0 Å². The minimum atomic E-state index is -0.230. The van der Waals surface area contributed by atoms with Crippen LogP contribution in [0.15, 0.2) is 36.4 Å². The van der Waals surface area contributed by atoms with Gasteiger partial charge in [-0.25, -0.2) is 4.79 Å². The number of nitrogens with one attached hydrogen (secondary N) is 1. The van der Waals surface area contributed by atoms with Gasteiger partial charge in [-0.05, 0) is 49.2 Å².